The van der Waals surface area contributed by atoms with Crippen LogP contribution in [0.2, 0.25) is 0 Å². The summed E-state index contributed by atoms with van der Waals surface area (Å²) in [5.74, 6) is 1.13. The first kappa shape index (κ1) is 16.8. The summed E-state index contributed by atoms with van der Waals surface area (Å²) in [4.78, 5) is 4.72. The van der Waals surface area contributed by atoms with E-state index in [1.807, 2.05) is 36.5 Å². The predicted octanol–water partition coefficient (Wildman–Crippen LogP) is 2.50. The molecule has 2 aromatic heterocycles. The molecule has 2 heterocycles. The minimum Gasteiger partial charge on any atom is -0.396 e. The number of nitrogens with zero attached hydrogens (tertiary/aromatic N) is 3. The highest BCUT2D eigenvalue weighted by molar-refractivity contribution is 5.70. The van der Waals surface area contributed by atoms with Gasteiger partial charge in [0.1, 0.15) is 0 Å². The van der Waals surface area contributed by atoms with E-state index >= 15 is 0 Å². The molecule has 4 rings (SSSR count). The standard InChI is InChI=1S/C19H25N7/c20-10-12-1-7-15(8-2-12)23-18-9-16(22)19-24-17(11-26(19)25-18)13-3-5-14(21)6-4-13/h1-2,7-9,11,13-14H,3-6,10,20-22H2,(H,23,25). The first-order valence-electron chi connectivity index (χ1n) is 9.10. The van der Waals surface area contributed by atoms with Gasteiger partial charge in [-0.15, -0.1) is 5.10 Å². The average molecular weight is 351 g/mol. The monoisotopic (exact) mass is 351 g/mol. The summed E-state index contributed by atoms with van der Waals surface area (Å²) in [6, 6.07) is 10.1. The van der Waals surface area contributed by atoms with Crippen LogP contribution in [0.3, 0.4) is 0 Å². The van der Waals surface area contributed by atoms with Gasteiger partial charge >= 0.3 is 0 Å². The number of benzene rings is 1. The Morgan fingerprint density at radius 2 is 1.85 bits per heavy atom. The molecule has 7 N–H and O–H groups in total. The van der Waals surface area contributed by atoms with E-state index in [-0.39, 0.29) is 0 Å². The van der Waals surface area contributed by atoms with Gasteiger partial charge in [0.2, 0.25) is 0 Å². The summed E-state index contributed by atoms with van der Waals surface area (Å²) in [6.07, 6.45) is 6.24. The molecule has 0 atom stereocenters. The maximum atomic E-state index is 6.22. The van der Waals surface area contributed by atoms with Crippen LogP contribution in [0.4, 0.5) is 17.2 Å². The zero-order chi connectivity index (χ0) is 18.1. The van der Waals surface area contributed by atoms with Crippen molar-refractivity contribution in [3.05, 3.63) is 47.8 Å². The summed E-state index contributed by atoms with van der Waals surface area (Å²) in [7, 11) is 0. The van der Waals surface area contributed by atoms with Crippen LogP contribution in [-0.2, 0) is 6.54 Å². The largest absolute Gasteiger partial charge is 0.396 e. The second-order valence-electron chi connectivity index (χ2n) is 7.06. The van der Waals surface area contributed by atoms with Gasteiger partial charge in [0.25, 0.3) is 0 Å². The van der Waals surface area contributed by atoms with Gasteiger partial charge in [0.05, 0.1) is 17.6 Å². The molecule has 1 saturated carbocycles. The molecular weight excluding hydrogens is 326 g/mol. The fourth-order valence-electron chi connectivity index (χ4n) is 3.56. The normalized spacial score (nSPS) is 20.4. The van der Waals surface area contributed by atoms with Crippen LogP contribution in [0.25, 0.3) is 5.65 Å². The fraction of sp³-hybridized carbons (Fsp3) is 0.368. The van der Waals surface area contributed by atoms with Crippen molar-refractivity contribution in [2.75, 3.05) is 11.1 Å². The van der Waals surface area contributed by atoms with Crippen LogP contribution in [0.1, 0.15) is 42.9 Å². The number of nitrogens with two attached hydrogens (primary N) is 3. The van der Waals surface area contributed by atoms with E-state index in [0.717, 1.165) is 42.6 Å². The molecular formula is C19H25N7. The number of rotatable bonds is 4. The van der Waals surface area contributed by atoms with E-state index in [4.69, 9.17) is 22.2 Å². The van der Waals surface area contributed by atoms with Gasteiger partial charge in [-0.3, -0.25) is 0 Å². The number of hydrogen-bond donors (Lipinski definition) is 4. The third-order valence-electron chi connectivity index (χ3n) is 5.12. The molecule has 136 valence electrons. The third-order valence-corrected chi connectivity index (χ3v) is 5.12. The maximum Gasteiger partial charge on any atom is 0.177 e. The smallest absolute Gasteiger partial charge is 0.177 e. The summed E-state index contributed by atoms with van der Waals surface area (Å²) < 4.78 is 1.77. The Morgan fingerprint density at radius 3 is 2.54 bits per heavy atom. The fourth-order valence-corrected chi connectivity index (χ4v) is 3.56. The average Bonchev–Trinajstić information content (AvgIpc) is 3.08. The number of nitrogens with one attached hydrogen (secondary N) is 1. The van der Waals surface area contributed by atoms with Crippen LogP contribution >= 0.6 is 0 Å². The van der Waals surface area contributed by atoms with Crippen LogP contribution in [0, 0.1) is 0 Å². The lowest BCUT2D eigenvalue weighted by atomic mass is 9.85. The van der Waals surface area contributed by atoms with E-state index in [9.17, 15) is 0 Å². The minimum atomic E-state index is 0.327. The van der Waals surface area contributed by atoms with Gasteiger partial charge < -0.3 is 22.5 Å². The summed E-state index contributed by atoms with van der Waals surface area (Å²) in [5, 5.41) is 7.90. The molecule has 7 heteroatoms. The number of aromatic nitrogens is 3. The van der Waals surface area contributed by atoms with Gasteiger partial charge in [-0.2, -0.15) is 0 Å². The molecule has 1 aromatic carbocycles. The van der Waals surface area contributed by atoms with E-state index in [0.29, 0.717) is 35.7 Å². The Balaban J connectivity index is 1.59. The number of hydrogen-bond acceptors (Lipinski definition) is 6. The molecule has 0 saturated heterocycles. The topological polar surface area (TPSA) is 120 Å². The van der Waals surface area contributed by atoms with Gasteiger partial charge in [-0.1, -0.05) is 12.1 Å². The quantitative estimate of drug-likeness (QED) is 0.573. The van der Waals surface area contributed by atoms with Crippen LogP contribution in [-0.4, -0.2) is 20.6 Å². The first-order chi connectivity index (χ1) is 12.6. The molecule has 0 radical (unpaired) electrons. The molecule has 0 amide bonds. The Labute approximate surface area is 152 Å². The summed E-state index contributed by atoms with van der Waals surface area (Å²) in [6.45, 7) is 0.529. The van der Waals surface area contributed by atoms with Crippen LogP contribution in [0.5, 0.6) is 0 Å². The molecule has 3 aromatic rings. The van der Waals surface area contributed by atoms with Crippen LogP contribution in [0.15, 0.2) is 36.5 Å². The predicted molar refractivity (Wildman–Crippen MR) is 104 cm³/mol. The highest BCUT2D eigenvalue weighted by Gasteiger charge is 2.23. The lowest BCUT2D eigenvalue weighted by molar-refractivity contribution is 0.391. The molecule has 1 fully saturated rings. The Bertz CT molecular complexity index is 892. The van der Waals surface area contributed by atoms with Gasteiger partial charge in [-0.25, -0.2) is 9.50 Å². The van der Waals surface area contributed by atoms with E-state index in [1.165, 1.54) is 0 Å². The number of nitrogen functional groups attached to an aromatic ring is 1. The molecule has 0 unspecified atom stereocenters. The molecule has 1 aliphatic rings. The van der Waals surface area contributed by atoms with Gasteiger partial charge in [0, 0.05) is 30.3 Å². The van der Waals surface area contributed by atoms with Crippen molar-refractivity contribution in [2.24, 2.45) is 11.5 Å². The number of imidazole rings is 1. The molecule has 1 aliphatic carbocycles. The number of fused-ring (bicyclic) bond motifs is 1. The van der Waals surface area contributed by atoms with Gasteiger partial charge in [0.15, 0.2) is 11.5 Å². The maximum absolute atomic E-state index is 6.22. The molecule has 7 nitrogen and oxygen atoms in total. The second kappa shape index (κ2) is 6.93. The van der Waals surface area contributed by atoms with E-state index < -0.39 is 0 Å². The second-order valence-corrected chi connectivity index (χ2v) is 7.06. The Kier molecular flexibility index (Phi) is 4.48. The van der Waals surface area contributed by atoms with Crippen molar-refractivity contribution in [2.45, 2.75) is 44.2 Å². The number of anilines is 3. The molecule has 0 spiro atoms. The highest BCUT2D eigenvalue weighted by Crippen LogP contribution is 2.32. The van der Waals surface area contributed by atoms with Crippen molar-refractivity contribution in [1.29, 1.82) is 0 Å². The van der Waals surface area contributed by atoms with Crippen molar-refractivity contribution in [3.8, 4) is 0 Å². The zero-order valence-electron chi connectivity index (χ0n) is 14.7. The summed E-state index contributed by atoms with van der Waals surface area (Å²) in [5.41, 5.74) is 22.3. The van der Waals surface area contributed by atoms with E-state index in [2.05, 4.69) is 10.4 Å². The molecule has 0 aliphatic heterocycles. The summed E-state index contributed by atoms with van der Waals surface area (Å²) >= 11 is 0. The lowest BCUT2D eigenvalue weighted by Gasteiger charge is -2.24. The lowest BCUT2D eigenvalue weighted by Crippen LogP contribution is -2.25. The third kappa shape index (κ3) is 3.36. The Hall–Kier alpha value is -2.64. The van der Waals surface area contributed by atoms with Gasteiger partial charge in [-0.05, 0) is 43.4 Å². The minimum absolute atomic E-state index is 0.327. The first-order valence-corrected chi connectivity index (χ1v) is 9.10. The Morgan fingerprint density at radius 1 is 1.12 bits per heavy atom. The van der Waals surface area contributed by atoms with Crippen molar-refractivity contribution >= 4 is 22.8 Å². The highest BCUT2D eigenvalue weighted by atomic mass is 15.3. The zero-order valence-corrected chi connectivity index (χ0v) is 14.7. The van der Waals surface area contributed by atoms with Crippen molar-refractivity contribution < 1.29 is 0 Å². The van der Waals surface area contributed by atoms with Crippen LogP contribution < -0.4 is 22.5 Å². The van der Waals surface area contributed by atoms with Crippen molar-refractivity contribution in [1.82, 2.24) is 14.6 Å². The van der Waals surface area contributed by atoms with Crippen molar-refractivity contribution in [3.63, 3.8) is 0 Å². The SMILES string of the molecule is NCc1ccc(Nc2cc(N)c3nc(C4CCC(N)CC4)cn3n2)cc1. The molecule has 26 heavy (non-hydrogen) atoms. The molecule has 0 bridgehead atoms. The van der Waals surface area contributed by atoms with E-state index in [1.54, 1.807) is 4.52 Å².